The molecule has 3 N–H and O–H groups in total. The fourth-order valence-electron chi connectivity index (χ4n) is 2.14. The molecule has 68 valence electrons. The van der Waals surface area contributed by atoms with Crippen molar-refractivity contribution in [3.63, 3.8) is 0 Å². The molecule has 2 fully saturated rings. The van der Waals surface area contributed by atoms with Crippen molar-refractivity contribution in [1.29, 1.82) is 0 Å². The Hall–Kier alpha value is -0.190. The van der Waals surface area contributed by atoms with Gasteiger partial charge in [-0.15, -0.1) is 0 Å². The van der Waals surface area contributed by atoms with Gasteiger partial charge in [-0.25, -0.2) is 0 Å². The van der Waals surface area contributed by atoms with Gasteiger partial charge in [0.2, 0.25) is 0 Å². The molecule has 0 amide bonds. The lowest BCUT2D eigenvalue weighted by molar-refractivity contribution is 0.0762. The minimum absolute atomic E-state index is 0.0127. The number of nitrogens with two attached hydrogens (primary N) is 1. The first-order valence-corrected chi connectivity index (χ1v) is 4.71. The number of thiocarbonyl (C=S) groups is 1. The van der Waals surface area contributed by atoms with E-state index in [0.717, 1.165) is 13.0 Å². The van der Waals surface area contributed by atoms with E-state index in [1.165, 1.54) is 0 Å². The standard InChI is InChI=1S/C8H14N2OS/c1-5-2-8(5,7(9)12)6-3-10-4-11-6/h5-6,10H,2-4H2,1H3,(H2,9,12). The van der Waals surface area contributed by atoms with Crippen LogP contribution >= 0.6 is 12.2 Å². The molecule has 0 spiro atoms. The number of rotatable bonds is 2. The summed E-state index contributed by atoms with van der Waals surface area (Å²) < 4.78 is 5.53. The number of nitrogens with one attached hydrogen (secondary N) is 1. The van der Waals surface area contributed by atoms with Gasteiger partial charge in [0.1, 0.15) is 0 Å². The molecule has 4 heteroatoms. The maximum absolute atomic E-state index is 5.73. The smallest absolute Gasteiger partial charge is 0.0971 e. The highest BCUT2D eigenvalue weighted by Gasteiger charge is 2.60. The number of ether oxygens (including phenoxy) is 1. The van der Waals surface area contributed by atoms with Gasteiger partial charge < -0.3 is 10.5 Å². The summed E-state index contributed by atoms with van der Waals surface area (Å²) >= 11 is 5.08. The highest BCUT2D eigenvalue weighted by atomic mass is 32.1. The second kappa shape index (κ2) is 2.65. The van der Waals surface area contributed by atoms with Gasteiger partial charge in [0.15, 0.2) is 0 Å². The van der Waals surface area contributed by atoms with Gasteiger partial charge in [-0.3, -0.25) is 5.32 Å². The van der Waals surface area contributed by atoms with Crippen LogP contribution in [0.25, 0.3) is 0 Å². The molecule has 3 nitrogen and oxygen atoms in total. The Morgan fingerprint density at radius 1 is 1.75 bits per heavy atom. The van der Waals surface area contributed by atoms with E-state index in [9.17, 15) is 0 Å². The largest absolute Gasteiger partial charge is 0.393 e. The van der Waals surface area contributed by atoms with Crippen LogP contribution in [-0.2, 0) is 4.74 Å². The quantitative estimate of drug-likeness (QED) is 0.607. The maximum Gasteiger partial charge on any atom is 0.0971 e. The van der Waals surface area contributed by atoms with Crippen LogP contribution in [-0.4, -0.2) is 24.4 Å². The van der Waals surface area contributed by atoms with Gasteiger partial charge in [-0.2, -0.15) is 0 Å². The predicted octanol–water partition coefficient (Wildman–Crippen LogP) is 0.245. The molecule has 0 aromatic carbocycles. The van der Waals surface area contributed by atoms with E-state index in [0.29, 0.717) is 17.6 Å². The lowest BCUT2D eigenvalue weighted by Crippen LogP contribution is -2.37. The van der Waals surface area contributed by atoms with Crippen molar-refractivity contribution in [1.82, 2.24) is 5.32 Å². The van der Waals surface area contributed by atoms with Crippen LogP contribution < -0.4 is 11.1 Å². The molecule has 0 aromatic heterocycles. The first kappa shape index (κ1) is 8.41. The minimum Gasteiger partial charge on any atom is -0.393 e. The molecule has 0 bridgehead atoms. The van der Waals surface area contributed by atoms with Crippen molar-refractivity contribution < 1.29 is 4.74 Å². The zero-order valence-electron chi connectivity index (χ0n) is 7.17. The second-order valence-electron chi connectivity index (χ2n) is 3.76. The van der Waals surface area contributed by atoms with Crippen LogP contribution in [0.5, 0.6) is 0 Å². The van der Waals surface area contributed by atoms with E-state index in [-0.39, 0.29) is 11.5 Å². The topological polar surface area (TPSA) is 47.3 Å². The molecular formula is C8H14N2OS. The first-order chi connectivity index (χ1) is 5.68. The summed E-state index contributed by atoms with van der Waals surface area (Å²) in [6.45, 7) is 3.71. The molecular weight excluding hydrogens is 172 g/mol. The maximum atomic E-state index is 5.73. The van der Waals surface area contributed by atoms with Gasteiger partial charge in [0, 0.05) is 6.54 Å². The Morgan fingerprint density at radius 3 is 2.75 bits per heavy atom. The molecule has 0 radical (unpaired) electrons. The Balaban J connectivity index is 2.13. The Labute approximate surface area is 77.6 Å². The Bertz CT molecular complexity index is 215. The molecule has 1 saturated heterocycles. The highest BCUT2D eigenvalue weighted by molar-refractivity contribution is 7.80. The number of hydrogen-bond donors (Lipinski definition) is 2. The van der Waals surface area contributed by atoms with Gasteiger partial charge in [0.05, 0.1) is 23.2 Å². The van der Waals surface area contributed by atoms with Crippen molar-refractivity contribution in [2.45, 2.75) is 19.4 Å². The molecule has 1 aliphatic carbocycles. The van der Waals surface area contributed by atoms with Crippen LogP contribution in [0.2, 0.25) is 0 Å². The molecule has 1 saturated carbocycles. The summed E-state index contributed by atoms with van der Waals surface area (Å²) in [4.78, 5) is 0.628. The third kappa shape index (κ3) is 0.985. The summed E-state index contributed by atoms with van der Waals surface area (Å²) in [7, 11) is 0. The molecule has 2 aliphatic rings. The molecule has 1 aliphatic heterocycles. The summed E-state index contributed by atoms with van der Waals surface area (Å²) in [5.74, 6) is 0.597. The summed E-state index contributed by atoms with van der Waals surface area (Å²) in [6.07, 6.45) is 1.30. The van der Waals surface area contributed by atoms with Crippen LogP contribution in [0.4, 0.5) is 0 Å². The molecule has 12 heavy (non-hydrogen) atoms. The average molecular weight is 186 g/mol. The van der Waals surface area contributed by atoms with Gasteiger partial charge in [-0.1, -0.05) is 19.1 Å². The Morgan fingerprint density at radius 2 is 2.42 bits per heavy atom. The molecule has 3 unspecified atom stereocenters. The third-order valence-electron chi connectivity index (χ3n) is 3.11. The average Bonchev–Trinajstić information content (AvgIpc) is 2.51. The van der Waals surface area contributed by atoms with Gasteiger partial charge in [0.25, 0.3) is 0 Å². The fourth-order valence-corrected chi connectivity index (χ4v) is 2.55. The summed E-state index contributed by atoms with van der Waals surface area (Å²) in [5, 5.41) is 3.16. The molecule has 0 aromatic rings. The highest BCUT2D eigenvalue weighted by Crippen LogP contribution is 2.56. The normalized spacial score (nSPS) is 46.1. The SMILES string of the molecule is CC1CC1(C(N)=S)C1CNCO1. The third-order valence-corrected chi connectivity index (χ3v) is 3.49. The van der Waals surface area contributed by atoms with E-state index in [1.54, 1.807) is 0 Å². The number of hydrogen-bond acceptors (Lipinski definition) is 3. The van der Waals surface area contributed by atoms with E-state index in [2.05, 4.69) is 12.2 Å². The van der Waals surface area contributed by atoms with Crippen molar-refractivity contribution in [2.24, 2.45) is 17.1 Å². The monoisotopic (exact) mass is 186 g/mol. The Kier molecular flexibility index (Phi) is 1.86. The van der Waals surface area contributed by atoms with E-state index < -0.39 is 0 Å². The van der Waals surface area contributed by atoms with Crippen LogP contribution in [0, 0.1) is 11.3 Å². The zero-order valence-corrected chi connectivity index (χ0v) is 7.99. The van der Waals surface area contributed by atoms with E-state index in [4.69, 9.17) is 22.7 Å². The van der Waals surface area contributed by atoms with E-state index in [1.807, 2.05) is 0 Å². The predicted molar refractivity (Wildman–Crippen MR) is 50.7 cm³/mol. The minimum atomic E-state index is 0.0127. The van der Waals surface area contributed by atoms with Crippen molar-refractivity contribution in [3.05, 3.63) is 0 Å². The summed E-state index contributed by atoms with van der Waals surface area (Å²) in [5.41, 5.74) is 5.74. The van der Waals surface area contributed by atoms with Crippen molar-refractivity contribution in [3.8, 4) is 0 Å². The van der Waals surface area contributed by atoms with Crippen LogP contribution in [0.3, 0.4) is 0 Å². The molecule has 3 atom stereocenters. The van der Waals surface area contributed by atoms with Crippen molar-refractivity contribution >= 4 is 17.2 Å². The first-order valence-electron chi connectivity index (χ1n) is 4.30. The van der Waals surface area contributed by atoms with Crippen LogP contribution in [0.1, 0.15) is 13.3 Å². The second-order valence-corrected chi connectivity index (χ2v) is 4.20. The molecule has 2 rings (SSSR count). The van der Waals surface area contributed by atoms with Crippen molar-refractivity contribution in [2.75, 3.05) is 13.3 Å². The molecule has 1 heterocycles. The fraction of sp³-hybridized carbons (Fsp3) is 0.875. The lowest BCUT2D eigenvalue weighted by Gasteiger charge is -2.21. The lowest BCUT2D eigenvalue weighted by atomic mass is 9.96. The van der Waals surface area contributed by atoms with Gasteiger partial charge >= 0.3 is 0 Å². The summed E-state index contributed by atoms with van der Waals surface area (Å²) in [6, 6.07) is 0. The van der Waals surface area contributed by atoms with Crippen LogP contribution in [0.15, 0.2) is 0 Å². The zero-order chi connectivity index (χ0) is 8.77. The van der Waals surface area contributed by atoms with Gasteiger partial charge in [-0.05, 0) is 12.3 Å². The van der Waals surface area contributed by atoms with E-state index >= 15 is 0 Å².